The Morgan fingerprint density at radius 2 is 2.25 bits per heavy atom. The summed E-state index contributed by atoms with van der Waals surface area (Å²) in [7, 11) is 0. The van der Waals surface area contributed by atoms with Crippen LogP contribution in [0.3, 0.4) is 0 Å². The van der Waals surface area contributed by atoms with Gasteiger partial charge in [0.15, 0.2) is 0 Å². The molecule has 0 aliphatic rings. The first-order chi connectivity index (χ1) is 5.74. The summed E-state index contributed by atoms with van der Waals surface area (Å²) in [6.45, 7) is 1.98. The van der Waals surface area contributed by atoms with E-state index in [4.69, 9.17) is 11.0 Å². The summed E-state index contributed by atoms with van der Waals surface area (Å²) in [5, 5.41) is 8.38. The molecule has 0 unspecified atom stereocenters. The maximum Gasteiger partial charge on any atom is 0.0625 e. The number of nitrogen functional groups attached to an aromatic ring is 1. The first-order valence-corrected chi connectivity index (χ1v) is 3.96. The number of nitrogens with two attached hydrogens (primary N) is 1. The molecule has 0 fully saturated rings. The van der Waals surface area contributed by atoms with Gasteiger partial charge in [-0.3, -0.25) is 0 Å². The zero-order valence-electron chi connectivity index (χ0n) is 7.17. The Kier molecular flexibility index (Phi) is 2.71. The molecule has 12 heavy (non-hydrogen) atoms. The third-order valence-electron chi connectivity index (χ3n) is 1.86. The van der Waals surface area contributed by atoms with Crippen LogP contribution in [0.5, 0.6) is 0 Å². The lowest BCUT2D eigenvalue weighted by Gasteiger charge is -2.02. The van der Waals surface area contributed by atoms with Crippen molar-refractivity contribution in [3.05, 3.63) is 29.3 Å². The van der Waals surface area contributed by atoms with Gasteiger partial charge in [-0.15, -0.1) is 0 Å². The lowest BCUT2D eigenvalue weighted by molar-refractivity contribution is 1.01. The second kappa shape index (κ2) is 3.77. The number of rotatable bonds is 2. The Hall–Kier alpha value is -1.49. The minimum atomic E-state index is 0.573. The van der Waals surface area contributed by atoms with Crippen molar-refractivity contribution in [2.75, 3.05) is 5.73 Å². The summed E-state index contributed by atoms with van der Waals surface area (Å²) in [6, 6.07) is 8.02. The molecule has 1 aromatic carbocycles. The second-order valence-electron chi connectivity index (χ2n) is 2.85. The molecule has 2 nitrogen and oxygen atoms in total. The first kappa shape index (κ1) is 8.61. The highest BCUT2D eigenvalue weighted by molar-refractivity contribution is 5.47. The molecule has 0 saturated heterocycles. The Balaban J connectivity index is 2.77. The van der Waals surface area contributed by atoms with Gasteiger partial charge in [-0.05, 0) is 30.5 Å². The topological polar surface area (TPSA) is 49.8 Å². The van der Waals surface area contributed by atoms with Crippen molar-refractivity contribution < 1.29 is 0 Å². The number of aryl methyl sites for hydroxylation is 2. The van der Waals surface area contributed by atoms with Crippen LogP contribution < -0.4 is 5.73 Å². The van der Waals surface area contributed by atoms with E-state index in [1.165, 1.54) is 5.56 Å². The predicted octanol–water partition coefficient (Wildman–Crippen LogP) is 2.03. The van der Waals surface area contributed by atoms with Crippen molar-refractivity contribution in [2.24, 2.45) is 0 Å². The van der Waals surface area contributed by atoms with Crippen LogP contribution in [0.15, 0.2) is 18.2 Å². The van der Waals surface area contributed by atoms with Crippen LogP contribution in [0, 0.1) is 18.3 Å². The van der Waals surface area contributed by atoms with E-state index in [0.29, 0.717) is 6.42 Å². The number of hydrogen-bond donors (Lipinski definition) is 1. The van der Waals surface area contributed by atoms with Crippen molar-refractivity contribution in [3.8, 4) is 6.07 Å². The van der Waals surface area contributed by atoms with Gasteiger partial charge in [0.1, 0.15) is 0 Å². The van der Waals surface area contributed by atoms with Crippen LogP contribution >= 0.6 is 0 Å². The average molecular weight is 160 g/mol. The fourth-order valence-electron chi connectivity index (χ4n) is 1.09. The summed E-state index contributed by atoms with van der Waals surface area (Å²) in [5.41, 5.74) is 8.74. The summed E-state index contributed by atoms with van der Waals surface area (Å²) in [4.78, 5) is 0. The van der Waals surface area contributed by atoms with Crippen LogP contribution in [-0.2, 0) is 6.42 Å². The van der Waals surface area contributed by atoms with E-state index in [2.05, 4.69) is 6.07 Å². The molecule has 2 heteroatoms. The molecule has 0 radical (unpaired) electrons. The molecule has 1 aromatic rings. The minimum Gasteiger partial charge on any atom is -0.399 e. The van der Waals surface area contributed by atoms with Gasteiger partial charge in [-0.25, -0.2) is 0 Å². The Labute approximate surface area is 72.6 Å². The highest BCUT2D eigenvalue weighted by Crippen LogP contribution is 2.13. The van der Waals surface area contributed by atoms with Gasteiger partial charge in [0.2, 0.25) is 0 Å². The van der Waals surface area contributed by atoms with Crippen LogP contribution in [0.25, 0.3) is 0 Å². The maximum absolute atomic E-state index is 8.38. The summed E-state index contributed by atoms with van der Waals surface area (Å²) < 4.78 is 0. The molecule has 2 N–H and O–H groups in total. The molecule has 0 bridgehead atoms. The van der Waals surface area contributed by atoms with Crippen LogP contribution in [-0.4, -0.2) is 0 Å². The Bertz CT molecular complexity index is 310. The molecule has 0 heterocycles. The monoisotopic (exact) mass is 160 g/mol. The quantitative estimate of drug-likeness (QED) is 0.673. The summed E-state index contributed by atoms with van der Waals surface area (Å²) in [6.07, 6.45) is 1.39. The average Bonchev–Trinajstić information content (AvgIpc) is 2.07. The minimum absolute atomic E-state index is 0.573. The van der Waals surface area contributed by atoms with E-state index in [9.17, 15) is 0 Å². The van der Waals surface area contributed by atoms with Crippen LogP contribution in [0.2, 0.25) is 0 Å². The molecular formula is C10H12N2. The van der Waals surface area contributed by atoms with E-state index in [-0.39, 0.29) is 0 Å². The van der Waals surface area contributed by atoms with E-state index in [1.54, 1.807) is 0 Å². The fourth-order valence-corrected chi connectivity index (χ4v) is 1.09. The SMILES string of the molecule is Cc1cc(CCC#N)ccc1N. The van der Waals surface area contributed by atoms with Gasteiger partial charge in [0.05, 0.1) is 6.07 Å². The maximum atomic E-state index is 8.38. The molecule has 0 saturated carbocycles. The van der Waals surface area contributed by atoms with Gasteiger partial charge in [-0.1, -0.05) is 12.1 Å². The number of nitriles is 1. The van der Waals surface area contributed by atoms with E-state index >= 15 is 0 Å². The second-order valence-corrected chi connectivity index (χ2v) is 2.85. The third-order valence-corrected chi connectivity index (χ3v) is 1.86. The molecule has 0 aromatic heterocycles. The van der Waals surface area contributed by atoms with Gasteiger partial charge in [0, 0.05) is 12.1 Å². The fraction of sp³-hybridized carbons (Fsp3) is 0.300. The highest BCUT2D eigenvalue weighted by Gasteiger charge is 1.95. The number of nitrogens with zero attached hydrogens (tertiary/aromatic N) is 1. The van der Waals surface area contributed by atoms with Crippen LogP contribution in [0.4, 0.5) is 5.69 Å². The Morgan fingerprint density at radius 3 is 2.83 bits per heavy atom. The smallest absolute Gasteiger partial charge is 0.0625 e. The lowest BCUT2D eigenvalue weighted by Crippen LogP contribution is -1.91. The molecule has 0 aliphatic heterocycles. The number of hydrogen-bond acceptors (Lipinski definition) is 2. The molecule has 1 rings (SSSR count). The van der Waals surface area contributed by atoms with Crippen molar-refractivity contribution >= 4 is 5.69 Å². The van der Waals surface area contributed by atoms with E-state index < -0.39 is 0 Å². The van der Waals surface area contributed by atoms with Gasteiger partial charge < -0.3 is 5.73 Å². The normalized spacial score (nSPS) is 9.33. The molecule has 0 aliphatic carbocycles. The van der Waals surface area contributed by atoms with Crippen LogP contribution in [0.1, 0.15) is 17.5 Å². The predicted molar refractivity (Wildman–Crippen MR) is 49.5 cm³/mol. The third kappa shape index (κ3) is 2.00. The van der Waals surface area contributed by atoms with Gasteiger partial charge in [0.25, 0.3) is 0 Å². The molecule has 0 amide bonds. The zero-order valence-corrected chi connectivity index (χ0v) is 7.17. The number of benzene rings is 1. The molecular weight excluding hydrogens is 148 g/mol. The van der Waals surface area contributed by atoms with Crippen molar-refractivity contribution in [1.82, 2.24) is 0 Å². The van der Waals surface area contributed by atoms with Crippen molar-refractivity contribution in [1.29, 1.82) is 5.26 Å². The van der Waals surface area contributed by atoms with Gasteiger partial charge >= 0.3 is 0 Å². The zero-order chi connectivity index (χ0) is 8.97. The van der Waals surface area contributed by atoms with Crippen molar-refractivity contribution in [2.45, 2.75) is 19.8 Å². The van der Waals surface area contributed by atoms with E-state index in [0.717, 1.165) is 17.7 Å². The number of anilines is 1. The van der Waals surface area contributed by atoms with Gasteiger partial charge in [-0.2, -0.15) is 5.26 Å². The first-order valence-electron chi connectivity index (χ1n) is 3.96. The lowest BCUT2D eigenvalue weighted by atomic mass is 10.1. The van der Waals surface area contributed by atoms with Crippen molar-refractivity contribution in [3.63, 3.8) is 0 Å². The summed E-state index contributed by atoms with van der Waals surface area (Å²) in [5.74, 6) is 0. The Morgan fingerprint density at radius 1 is 1.50 bits per heavy atom. The molecule has 62 valence electrons. The highest BCUT2D eigenvalue weighted by atomic mass is 14.5. The van der Waals surface area contributed by atoms with E-state index in [1.807, 2.05) is 25.1 Å². The standard InChI is InChI=1S/C10H12N2/c1-8-7-9(3-2-6-11)4-5-10(8)12/h4-5,7H,2-3,12H2,1H3. The summed E-state index contributed by atoms with van der Waals surface area (Å²) >= 11 is 0. The largest absolute Gasteiger partial charge is 0.399 e. The molecule has 0 atom stereocenters. The molecule has 0 spiro atoms.